The molecule has 0 fully saturated rings. The van der Waals surface area contributed by atoms with Gasteiger partial charge in [0, 0.05) is 6.20 Å². The molecule has 0 bridgehead atoms. The fourth-order valence-electron chi connectivity index (χ4n) is 3.66. The van der Waals surface area contributed by atoms with Gasteiger partial charge in [0.15, 0.2) is 16.4 Å². The molecule has 10 heteroatoms. The van der Waals surface area contributed by atoms with E-state index in [0.29, 0.717) is 17.3 Å². The number of aromatic amines is 1. The van der Waals surface area contributed by atoms with E-state index in [1.54, 1.807) is 12.3 Å². The van der Waals surface area contributed by atoms with Crippen LogP contribution in [-0.2, 0) is 12.7 Å². The van der Waals surface area contributed by atoms with E-state index >= 15 is 0 Å². The molecule has 32 heavy (non-hydrogen) atoms. The van der Waals surface area contributed by atoms with Gasteiger partial charge in [-0.2, -0.15) is 18.3 Å². The monoisotopic (exact) mass is 452 g/mol. The molecule has 160 valence electrons. The number of nitrogens with zero attached hydrogens (tertiary/aromatic N) is 5. The quantitative estimate of drug-likeness (QED) is 0.371. The minimum atomic E-state index is -4.54. The Hall–Kier alpha value is -3.79. The van der Waals surface area contributed by atoms with E-state index < -0.39 is 11.7 Å². The number of rotatable bonds is 4. The first kappa shape index (κ1) is 20.1. The second-order valence-electron chi connectivity index (χ2n) is 7.02. The van der Waals surface area contributed by atoms with Gasteiger partial charge in [0.25, 0.3) is 0 Å². The minimum absolute atomic E-state index is 0.0699. The summed E-state index contributed by atoms with van der Waals surface area (Å²) in [6.07, 6.45) is -2.88. The first-order valence-electron chi connectivity index (χ1n) is 9.63. The Kier molecular flexibility index (Phi) is 4.86. The summed E-state index contributed by atoms with van der Waals surface area (Å²) in [5.41, 5.74) is 1.30. The second kappa shape index (κ2) is 7.72. The van der Waals surface area contributed by atoms with Crippen molar-refractivity contribution in [2.24, 2.45) is 0 Å². The maximum absolute atomic E-state index is 13.7. The molecule has 1 N–H and O–H groups in total. The molecule has 0 aliphatic rings. The highest BCUT2D eigenvalue weighted by Gasteiger charge is 2.34. The van der Waals surface area contributed by atoms with Crippen molar-refractivity contribution in [2.45, 2.75) is 12.7 Å². The Bertz CT molecular complexity index is 1470. The van der Waals surface area contributed by atoms with Gasteiger partial charge in [-0.25, -0.2) is 4.98 Å². The normalized spacial score (nSPS) is 11.8. The number of alkyl halides is 3. The van der Waals surface area contributed by atoms with Crippen LogP contribution in [-0.4, -0.2) is 29.3 Å². The third kappa shape index (κ3) is 3.48. The van der Waals surface area contributed by atoms with Crippen molar-refractivity contribution < 1.29 is 13.2 Å². The number of benzene rings is 2. The van der Waals surface area contributed by atoms with Crippen molar-refractivity contribution in [3.05, 3.63) is 89.1 Å². The zero-order valence-corrected chi connectivity index (χ0v) is 17.2. The molecule has 5 rings (SSSR count). The number of aromatic nitrogens is 6. The maximum Gasteiger partial charge on any atom is 0.418 e. The smallest absolute Gasteiger partial charge is 0.315 e. The van der Waals surface area contributed by atoms with E-state index in [0.717, 1.165) is 17.1 Å². The number of para-hydroxylation sites is 3. The average Bonchev–Trinajstić information content (AvgIpc) is 3.34. The molecule has 2 aromatic carbocycles. The van der Waals surface area contributed by atoms with Crippen LogP contribution in [0, 0.1) is 4.77 Å². The second-order valence-corrected chi connectivity index (χ2v) is 7.41. The van der Waals surface area contributed by atoms with E-state index in [1.807, 2.05) is 41.0 Å². The Morgan fingerprint density at radius 2 is 1.69 bits per heavy atom. The van der Waals surface area contributed by atoms with Crippen LogP contribution in [0.2, 0.25) is 0 Å². The third-order valence-corrected chi connectivity index (χ3v) is 5.31. The van der Waals surface area contributed by atoms with Crippen LogP contribution in [0.25, 0.3) is 28.2 Å². The van der Waals surface area contributed by atoms with Crippen LogP contribution in [0.15, 0.2) is 72.9 Å². The van der Waals surface area contributed by atoms with Crippen molar-refractivity contribution in [3.63, 3.8) is 0 Å². The number of hydrogen-bond donors (Lipinski definition) is 1. The number of hydrogen-bond acceptors (Lipinski definition) is 4. The van der Waals surface area contributed by atoms with Gasteiger partial charge in [0.2, 0.25) is 0 Å². The molecule has 0 spiro atoms. The number of halogens is 3. The fourth-order valence-corrected chi connectivity index (χ4v) is 3.91. The van der Waals surface area contributed by atoms with Crippen LogP contribution in [0.1, 0.15) is 11.4 Å². The van der Waals surface area contributed by atoms with Gasteiger partial charge in [-0.3, -0.25) is 14.6 Å². The van der Waals surface area contributed by atoms with Gasteiger partial charge in [-0.1, -0.05) is 30.3 Å². The molecule has 0 amide bonds. The lowest BCUT2D eigenvalue weighted by Gasteiger charge is -2.15. The third-order valence-electron chi connectivity index (χ3n) is 5.04. The maximum atomic E-state index is 13.7. The summed E-state index contributed by atoms with van der Waals surface area (Å²) in [7, 11) is 0. The molecular weight excluding hydrogens is 437 g/mol. The molecule has 0 saturated heterocycles. The lowest BCUT2D eigenvalue weighted by Crippen LogP contribution is -2.14. The summed E-state index contributed by atoms with van der Waals surface area (Å²) in [5, 5.41) is 6.87. The van der Waals surface area contributed by atoms with Gasteiger partial charge in [-0.15, -0.1) is 0 Å². The summed E-state index contributed by atoms with van der Waals surface area (Å²) in [6, 6.07) is 18.3. The number of H-pyrrole nitrogens is 1. The van der Waals surface area contributed by atoms with Crippen LogP contribution in [0.3, 0.4) is 0 Å². The molecule has 6 nitrogen and oxygen atoms in total. The standard InChI is InChI=1S/C22H15F3N6S/c23-22(24,25)14-7-1-3-10-17(14)31-19(28-29-21(31)32)13-30-18-11-4-2-8-15(18)27-20(30)16-9-5-6-12-26-16/h1-12H,13H2,(H,29,32). The highest BCUT2D eigenvalue weighted by atomic mass is 32.1. The Labute approximate surface area is 185 Å². The summed E-state index contributed by atoms with van der Waals surface area (Å²) in [6.45, 7) is 0.131. The van der Waals surface area contributed by atoms with Crippen LogP contribution in [0.5, 0.6) is 0 Å². The molecule has 3 heterocycles. The predicted molar refractivity (Wildman–Crippen MR) is 116 cm³/mol. The molecule has 0 saturated carbocycles. The molecule has 0 unspecified atom stereocenters. The van der Waals surface area contributed by atoms with Gasteiger partial charge in [-0.05, 0) is 48.6 Å². The zero-order chi connectivity index (χ0) is 22.3. The van der Waals surface area contributed by atoms with E-state index in [-0.39, 0.29) is 17.0 Å². The topological polar surface area (TPSA) is 64.3 Å². The van der Waals surface area contributed by atoms with Crippen LogP contribution < -0.4 is 0 Å². The largest absolute Gasteiger partial charge is 0.418 e. The highest BCUT2D eigenvalue weighted by molar-refractivity contribution is 7.71. The first-order valence-corrected chi connectivity index (χ1v) is 10.0. The van der Waals surface area contributed by atoms with Gasteiger partial charge in [0.05, 0.1) is 28.8 Å². The van der Waals surface area contributed by atoms with E-state index in [2.05, 4.69) is 15.2 Å². The van der Waals surface area contributed by atoms with Gasteiger partial charge in [0.1, 0.15) is 5.69 Å². The Morgan fingerprint density at radius 1 is 0.938 bits per heavy atom. The number of pyridine rings is 1. The minimum Gasteiger partial charge on any atom is -0.315 e. The van der Waals surface area contributed by atoms with E-state index in [1.165, 1.54) is 22.8 Å². The van der Waals surface area contributed by atoms with Gasteiger partial charge < -0.3 is 4.57 Å². The predicted octanol–water partition coefficient (Wildman–Crippen LogP) is 5.41. The van der Waals surface area contributed by atoms with Crippen molar-refractivity contribution in [2.75, 3.05) is 0 Å². The lowest BCUT2D eigenvalue weighted by molar-refractivity contribution is -0.137. The van der Waals surface area contributed by atoms with Crippen molar-refractivity contribution in [3.8, 4) is 17.2 Å². The van der Waals surface area contributed by atoms with Crippen LogP contribution in [0.4, 0.5) is 13.2 Å². The SMILES string of the molecule is FC(F)(F)c1ccccc1-n1c(Cn2c(-c3ccccn3)nc3ccccc32)n[nH]c1=S. The van der Waals surface area contributed by atoms with E-state index in [4.69, 9.17) is 17.2 Å². The van der Waals surface area contributed by atoms with E-state index in [9.17, 15) is 13.2 Å². The Balaban J connectivity index is 1.70. The summed E-state index contributed by atoms with van der Waals surface area (Å²) >= 11 is 5.30. The number of imidazole rings is 1. The molecule has 0 aliphatic carbocycles. The summed E-state index contributed by atoms with van der Waals surface area (Å²) < 4.78 is 44.3. The van der Waals surface area contributed by atoms with Gasteiger partial charge >= 0.3 is 6.18 Å². The zero-order valence-electron chi connectivity index (χ0n) is 16.4. The Morgan fingerprint density at radius 3 is 2.47 bits per heavy atom. The molecule has 0 aliphatic heterocycles. The molecule has 3 aromatic heterocycles. The fraction of sp³-hybridized carbons (Fsp3) is 0.0909. The molecule has 0 atom stereocenters. The number of nitrogens with one attached hydrogen (secondary N) is 1. The molecule has 0 radical (unpaired) electrons. The number of fused-ring (bicyclic) bond motifs is 1. The lowest BCUT2D eigenvalue weighted by atomic mass is 10.1. The van der Waals surface area contributed by atoms with Crippen molar-refractivity contribution >= 4 is 23.3 Å². The molecular formula is C22H15F3N6S. The highest BCUT2D eigenvalue weighted by Crippen LogP contribution is 2.34. The summed E-state index contributed by atoms with van der Waals surface area (Å²) in [4.78, 5) is 9.08. The van der Waals surface area contributed by atoms with Crippen molar-refractivity contribution in [1.82, 2.24) is 29.3 Å². The average molecular weight is 452 g/mol. The summed E-state index contributed by atoms with van der Waals surface area (Å²) in [5.74, 6) is 0.892. The molecule has 5 aromatic rings. The van der Waals surface area contributed by atoms with Crippen LogP contribution >= 0.6 is 12.2 Å². The van der Waals surface area contributed by atoms with Crippen molar-refractivity contribution in [1.29, 1.82) is 0 Å². The first-order chi connectivity index (χ1) is 15.4.